The molecule has 0 amide bonds. The summed E-state index contributed by atoms with van der Waals surface area (Å²) < 4.78 is 4.25. The first-order valence-electron chi connectivity index (χ1n) is 5.44. The molecule has 1 aliphatic rings. The third-order valence-corrected chi connectivity index (χ3v) is 2.90. The maximum atomic E-state index is 10.9. The Morgan fingerprint density at radius 2 is 1.94 bits per heavy atom. The molecule has 17 heavy (non-hydrogen) atoms. The number of aryl methyl sites for hydroxylation is 1. The van der Waals surface area contributed by atoms with Gasteiger partial charge in [0.2, 0.25) is 0 Å². The van der Waals surface area contributed by atoms with Crippen molar-refractivity contribution in [3.63, 3.8) is 0 Å². The number of nitroso groups, excluding NO2 is 1. The lowest BCUT2D eigenvalue weighted by atomic mass is 9.96. The SMILES string of the molecule is COC.Cc1ccc(C2(C=O)CC2)cc1N=O. The fourth-order valence-electron chi connectivity index (χ4n) is 1.63. The van der Waals surface area contributed by atoms with Crippen molar-refractivity contribution >= 4 is 12.0 Å². The van der Waals surface area contributed by atoms with Crippen LogP contribution in [0.5, 0.6) is 0 Å². The second kappa shape index (κ2) is 5.68. The molecule has 4 nitrogen and oxygen atoms in total. The lowest BCUT2D eigenvalue weighted by Gasteiger charge is -2.08. The smallest absolute Gasteiger partial charge is 0.130 e. The van der Waals surface area contributed by atoms with Gasteiger partial charge in [-0.05, 0) is 42.1 Å². The lowest BCUT2D eigenvalue weighted by molar-refractivity contribution is -0.109. The summed E-state index contributed by atoms with van der Waals surface area (Å²) in [6.45, 7) is 1.83. The highest BCUT2D eigenvalue weighted by molar-refractivity contribution is 5.74. The number of hydrogen-bond acceptors (Lipinski definition) is 4. The van der Waals surface area contributed by atoms with Gasteiger partial charge >= 0.3 is 0 Å². The number of hydrogen-bond donors (Lipinski definition) is 0. The molecule has 0 aliphatic heterocycles. The first-order chi connectivity index (χ1) is 8.13. The van der Waals surface area contributed by atoms with Crippen LogP contribution in [-0.2, 0) is 14.9 Å². The molecule has 1 aliphatic carbocycles. The van der Waals surface area contributed by atoms with Gasteiger partial charge in [-0.25, -0.2) is 0 Å². The van der Waals surface area contributed by atoms with E-state index in [4.69, 9.17) is 0 Å². The van der Waals surface area contributed by atoms with Gasteiger partial charge in [0.25, 0.3) is 0 Å². The van der Waals surface area contributed by atoms with Crippen molar-refractivity contribution in [3.05, 3.63) is 34.2 Å². The van der Waals surface area contributed by atoms with Gasteiger partial charge in [0.05, 0.1) is 5.41 Å². The molecule has 0 N–H and O–H groups in total. The van der Waals surface area contributed by atoms with Crippen LogP contribution in [0.1, 0.15) is 24.0 Å². The summed E-state index contributed by atoms with van der Waals surface area (Å²) >= 11 is 0. The van der Waals surface area contributed by atoms with E-state index in [1.165, 1.54) is 0 Å². The summed E-state index contributed by atoms with van der Waals surface area (Å²) in [4.78, 5) is 21.3. The molecule has 1 aromatic rings. The van der Waals surface area contributed by atoms with Crippen molar-refractivity contribution in [2.45, 2.75) is 25.2 Å². The van der Waals surface area contributed by atoms with Gasteiger partial charge in [-0.1, -0.05) is 12.1 Å². The van der Waals surface area contributed by atoms with Crippen molar-refractivity contribution < 1.29 is 9.53 Å². The molecule has 92 valence electrons. The summed E-state index contributed by atoms with van der Waals surface area (Å²) in [6, 6.07) is 5.48. The molecule has 1 saturated carbocycles. The van der Waals surface area contributed by atoms with Crippen molar-refractivity contribution in [2.24, 2.45) is 5.18 Å². The molecule has 0 unspecified atom stereocenters. The van der Waals surface area contributed by atoms with Gasteiger partial charge in [0, 0.05) is 14.2 Å². The Kier molecular flexibility index (Phi) is 4.52. The number of methoxy groups -OCH3 is 1. The van der Waals surface area contributed by atoms with Crippen LogP contribution < -0.4 is 0 Å². The quantitative estimate of drug-likeness (QED) is 0.598. The van der Waals surface area contributed by atoms with Crippen LogP contribution in [0.25, 0.3) is 0 Å². The highest BCUT2D eigenvalue weighted by Crippen LogP contribution is 2.47. The largest absolute Gasteiger partial charge is 0.388 e. The fraction of sp³-hybridized carbons (Fsp3) is 0.462. The summed E-state index contributed by atoms with van der Waals surface area (Å²) in [5.74, 6) is 0. The summed E-state index contributed by atoms with van der Waals surface area (Å²) in [5, 5.41) is 2.94. The number of rotatable bonds is 3. The summed E-state index contributed by atoms with van der Waals surface area (Å²) in [5.41, 5.74) is 1.90. The second-order valence-electron chi connectivity index (χ2n) is 4.27. The maximum absolute atomic E-state index is 10.9. The Morgan fingerprint density at radius 1 is 1.35 bits per heavy atom. The molecule has 1 aromatic carbocycles. The van der Waals surface area contributed by atoms with Crippen LogP contribution in [0.2, 0.25) is 0 Å². The Hall–Kier alpha value is -1.55. The number of carbonyl (C=O) groups excluding carboxylic acids is 1. The summed E-state index contributed by atoms with van der Waals surface area (Å²) in [6.07, 6.45) is 2.75. The minimum atomic E-state index is -0.312. The van der Waals surface area contributed by atoms with Crippen LogP contribution in [0.4, 0.5) is 5.69 Å². The molecule has 0 atom stereocenters. The number of nitrogens with zero attached hydrogens (tertiary/aromatic N) is 1. The first kappa shape index (κ1) is 13.5. The minimum Gasteiger partial charge on any atom is -0.388 e. The monoisotopic (exact) mass is 235 g/mol. The molecule has 0 heterocycles. The van der Waals surface area contributed by atoms with Gasteiger partial charge in [0.1, 0.15) is 12.0 Å². The van der Waals surface area contributed by atoms with E-state index in [1.54, 1.807) is 20.3 Å². The highest BCUT2D eigenvalue weighted by Gasteiger charge is 2.44. The Labute approximate surface area is 101 Å². The molecule has 2 rings (SSSR count). The molecule has 0 radical (unpaired) electrons. The molecule has 4 heteroatoms. The molecule has 0 bridgehead atoms. The van der Waals surface area contributed by atoms with Gasteiger partial charge in [-0.3, -0.25) is 0 Å². The van der Waals surface area contributed by atoms with Gasteiger partial charge in [0.15, 0.2) is 0 Å². The van der Waals surface area contributed by atoms with Crippen LogP contribution in [0.15, 0.2) is 23.4 Å². The van der Waals surface area contributed by atoms with E-state index >= 15 is 0 Å². The van der Waals surface area contributed by atoms with E-state index in [0.717, 1.165) is 30.3 Å². The normalized spacial score (nSPS) is 15.5. The van der Waals surface area contributed by atoms with Crippen molar-refractivity contribution in [2.75, 3.05) is 14.2 Å². The van der Waals surface area contributed by atoms with E-state index in [2.05, 4.69) is 9.91 Å². The number of aldehydes is 1. The standard InChI is InChI=1S/C11H11NO2.C2H6O/c1-8-2-3-9(6-10(8)12-14)11(7-13)4-5-11;1-3-2/h2-3,6-7H,4-5H2,1H3;1-2H3. The average Bonchev–Trinajstić information content (AvgIpc) is 3.12. The number of ether oxygens (including phenoxy) is 1. The van der Waals surface area contributed by atoms with E-state index < -0.39 is 0 Å². The number of carbonyl (C=O) groups is 1. The predicted molar refractivity (Wildman–Crippen MR) is 66.5 cm³/mol. The molecule has 0 aromatic heterocycles. The van der Waals surface area contributed by atoms with E-state index in [-0.39, 0.29) is 5.41 Å². The van der Waals surface area contributed by atoms with Crippen LogP contribution in [-0.4, -0.2) is 20.5 Å². The predicted octanol–water partition coefficient (Wildman–Crippen LogP) is 2.89. The Bertz CT molecular complexity index is 411. The van der Waals surface area contributed by atoms with Crippen LogP contribution in [0.3, 0.4) is 0 Å². The van der Waals surface area contributed by atoms with Gasteiger partial charge in [-0.2, -0.15) is 0 Å². The van der Waals surface area contributed by atoms with Crippen molar-refractivity contribution in [1.29, 1.82) is 0 Å². The van der Waals surface area contributed by atoms with Crippen LogP contribution >= 0.6 is 0 Å². The molecule has 0 saturated heterocycles. The van der Waals surface area contributed by atoms with E-state index in [9.17, 15) is 9.70 Å². The minimum absolute atomic E-state index is 0.312. The summed E-state index contributed by atoms with van der Waals surface area (Å²) in [7, 11) is 3.25. The average molecular weight is 235 g/mol. The van der Waals surface area contributed by atoms with Crippen molar-refractivity contribution in [1.82, 2.24) is 0 Å². The van der Waals surface area contributed by atoms with E-state index in [0.29, 0.717) is 5.69 Å². The van der Waals surface area contributed by atoms with Crippen molar-refractivity contribution in [3.8, 4) is 0 Å². The molecular weight excluding hydrogens is 218 g/mol. The molecular formula is C13H17NO3. The molecule has 1 fully saturated rings. The Balaban J connectivity index is 0.000000437. The third kappa shape index (κ3) is 2.97. The fourth-order valence-corrected chi connectivity index (χ4v) is 1.63. The third-order valence-electron chi connectivity index (χ3n) is 2.90. The number of benzene rings is 1. The lowest BCUT2D eigenvalue weighted by Crippen LogP contribution is -2.07. The topological polar surface area (TPSA) is 55.7 Å². The zero-order valence-corrected chi connectivity index (χ0v) is 10.4. The van der Waals surface area contributed by atoms with E-state index in [1.807, 2.05) is 19.1 Å². The molecule has 0 spiro atoms. The van der Waals surface area contributed by atoms with Gasteiger partial charge < -0.3 is 9.53 Å². The second-order valence-corrected chi connectivity index (χ2v) is 4.27. The Morgan fingerprint density at radius 3 is 2.35 bits per heavy atom. The van der Waals surface area contributed by atoms with Gasteiger partial charge in [-0.15, -0.1) is 4.91 Å². The maximum Gasteiger partial charge on any atom is 0.130 e. The highest BCUT2D eigenvalue weighted by atomic mass is 16.4. The zero-order chi connectivity index (χ0) is 12.9. The zero-order valence-electron chi connectivity index (χ0n) is 10.4. The first-order valence-corrected chi connectivity index (χ1v) is 5.44. The van der Waals surface area contributed by atoms with Crippen LogP contribution in [0, 0.1) is 11.8 Å².